The lowest BCUT2D eigenvalue weighted by Crippen LogP contribution is -1.96. The number of rotatable bonds is 3. The van der Waals surface area contributed by atoms with Crippen molar-refractivity contribution in [1.82, 2.24) is 4.98 Å². The summed E-state index contributed by atoms with van der Waals surface area (Å²) in [7, 11) is 1.33. The summed E-state index contributed by atoms with van der Waals surface area (Å²) in [5, 5.41) is 9.30. The van der Waals surface area contributed by atoms with E-state index in [-0.39, 0.29) is 18.1 Å². The van der Waals surface area contributed by atoms with Gasteiger partial charge in [-0.3, -0.25) is 9.78 Å². The van der Waals surface area contributed by atoms with E-state index in [1.54, 1.807) is 24.4 Å². The van der Waals surface area contributed by atoms with Crippen molar-refractivity contribution in [2.24, 2.45) is 0 Å². The molecule has 0 radical (unpaired) electrons. The first-order chi connectivity index (χ1) is 6.74. The van der Waals surface area contributed by atoms with Gasteiger partial charge < -0.3 is 9.84 Å². The number of nitrogens with zero attached hydrogens (tertiary/aromatic N) is 1. The van der Waals surface area contributed by atoms with Gasteiger partial charge in [-0.25, -0.2) is 0 Å². The molecule has 1 aromatic heterocycles. The van der Waals surface area contributed by atoms with E-state index in [0.29, 0.717) is 5.69 Å². The van der Waals surface area contributed by atoms with Gasteiger partial charge >= 0.3 is 5.97 Å². The molecule has 4 nitrogen and oxygen atoms in total. The lowest BCUT2D eigenvalue weighted by Gasteiger charge is -1.96. The van der Waals surface area contributed by atoms with Gasteiger partial charge in [0.25, 0.3) is 0 Å². The largest absolute Gasteiger partial charge is 0.506 e. The Morgan fingerprint density at radius 1 is 1.71 bits per heavy atom. The Bertz CT molecular complexity index is 347. The second kappa shape index (κ2) is 5.01. The minimum absolute atomic E-state index is 0.0913. The first kappa shape index (κ1) is 10.2. The number of methoxy groups -OCH3 is 1. The SMILES string of the molecule is COC(=O)CC=Cc1ncccc1O. The van der Waals surface area contributed by atoms with E-state index in [1.807, 2.05) is 0 Å². The zero-order valence-electron chi connectivity index (χ0n) is 7.80. The second-order valence-corrected chi connectivity index (χ2v) is 2.59. The van der Waals surface area contributed by atoms with Crippen molar-refractivity contribution >= 4 is 12.0 Å². The highest BCUT2D eigenvalue weighted by molar-refractivity contribution is 5.72. The maximum Gasteiger partial charge on any atom is 0.309 e. The van der Waals surface area contributed by atoms with Gasteiger partial charge in [-0.1, -0.05) is 6.08 Å². The summed E-state index contributed by atoms with van der Waals surface area (Å²) in [6, 6.07) is 3.16. The van der Waals surface area contributed by atoms with Crippen LogP contribution in [0.15, 0.2) is 24.4 Å². The highest BCUT2D eigenvalue weighted by atomic mass is 16.5. The maximum absolute atomic E-state index is 10.7. The Kier molecular flexibility index (Phi) is 3.67. The predicted octanol–water partition coefficient (Wildman–Crippen LogP) is 1.36. The number of ether oxygens (including phenoxy) is 1. The number of carbonyl (C=O) groups excluding carboxylic acids is 1. The Hall–Kier alpha value is -1.84. The van der Waals surface area contributed by atoms with E-state index in [9.17, 15) is 9.90 Å². The molecule has 0 aliphatic heterocycles. The van der Waals surface area contributed by atoms with Crippen LogP contribution in [0.25, 0.3) is 6.08 Å². The molecule has 0 unspecified atom stereocenters. The number of hydrogen-bond donors (Lipinski definition) is 1. The zero-order valence-corrected chi connectivity index (χ0v) is 7.80. The Labute approximate surface area is 81.9 Å². The molecular weight excluding hydrogens is 182 g/mol. The molecule has 0 aliphatic carbocycles. The maximum atomic E-state index is 10.7. The van der Waals surface area contributed by atoms with Crippen LogP contribution in [0.4, 0.5) is 0 Å². The molecule has 0 aromatic carbocycles. The molecule has 74 valence electrons. The summed E-state index contributed by atoms with van der Waals surface area (Å²) in [6.07, 6.45) is 4.91. The minimum Gasteiger partial charge on any atom is -0.506 e. The molecule has 0 aliphatic rings. The average molecular weight is 193 g/mol. The standard InChI is InChI=1S/C10H11NO3/c1-14-10(13)6-2-4-8-9(12)5-3-7-11-8/h2-5,7,12H,6H2,1H3. The molecule has 4 heteroatoms. The molecule has 1 aromatic rings. The van der Waals surface area contributed by atoms with E-state index >= 15 is 0 Å². The van der Waals surface area contributed by atoms with Crippen LogP contribution < -0.4 is 0 Å². The fraction of sp³-hybridized carbons (Fsp3) is 0.200. The Morgan fingerprint density at radius 2 is 2.50 bits per heavy atom. The molecule has 1 N–H and O–H groups in total. The lowest BCUT2D eigenvalue weighted by atomic mass is 10.3. The molecule has 0 bridgehead atoms. The molecule has 0 fully saturated rings. The van der Waals surface area contributed by atoms with Gasteiger partial charge in [0.05, 0.1) is 13.5 Å². The summed E-state index contributed by atoms with van der Waals surface area (Å²) in [4.78, 5) is 14.6. The molecule has 14 heavy (non-hydrogen) atoms. The van der Waals surface area contributed by atoms with Crippen LogP contribution in [-0.4, -0.2) is 23.2 Å². The monoisotopic (exact) mass is 193 g/mol. The van der Waals surface area contributed by atoms with Gasteiger partial charge in [-0.15, -0.1) is 0 Å². The summed E-state index contributed by atoms with van der Waals surface area (Å²) in [5.74, 6) is -0.231. The fourth-order valence-corrected chi connectivity index (χ4v) is 0.888. The van der Waals surface area contributed by atoms with E-state index in [2.05, 4.69) is 9.72 Å². The highest BCUT2D eigenvalue weighted by Gasteiger charge is 1.97. The quantitative estimate of drug-likeness (QED) is 0.736. The average Bonchev–Trinajstić information content (AvgIpc) is 2.20. The molecule has 0 saturated carbocycles. The Balaban J connectivity index is 2.60. The molecule has 0 spiro atoms. The van der Waals surface area contributed by atoms with Gasteiger partial charge in [0.2, 0.25) is 0 Å². The first-order valence-electron chi connectivity index (χ1n) is 4.11. The van der Waals surface area contributed by atoms with Crippen molar-refractivity contribution < 1.29 is 14.6 Å². The Morgan fingerprint density at radius 3 is 3.14 bits per heavy atom. The van der Waals surface area contributed by atoms with Crippen molar-refractivity contribution in [3.63, 3.8) is 0 Å². The van der Waals surface area contributed by atoms with Crippen molar-refractivity contribution in [2.45, 2.75) is 6.42 Å². The summed E-state index contributed by atoms with van der Waals surface area (Å²) < 4.78 is 4.45. The zero-order chi connectivity index (χ0) is 10.4. The third-order valence-electron chi connectivity index (χ3n) is 1.60. The molecule has 0 saturated heterocycles. The first-order valence-corrected chi connectivity index (χ1v) is 4.11. The highest BCUT2D eigenvalue weighted by Crippen LogP contribution is 2.13. The van der Waals surface area contributed by atoms with E-state index in [0.717, 1.165) is 0 Å². The van der Waals surface area contributed by atoms with Crippen molar-refractivity contribution in [3.05, 3.63) is 30.1 Å². The van der Waals surface area contributed by atoms with E-state index in [1.165, 1.54) is 13.2 Å². The molecular formula is C10H11NO3. The number of aromatic nitrogens is 1. The summed E-state index contributed by atoms with van der Waals surface area (Å²) in [5.41, 5.74) is 0.441. The van der Waals surface area contributed by atoms with Crippen LogP contribution in [0.5, 0.6) is 5.75 Å². The second-order valence-electron chi connectivity index (χ2n) is 2.59. The summed E-state index contributed by atoms with van der Waals surface area (Å²) >= 11 is 0. The predicted molar refractivity (Wildman–Crippen MR) is 51.6 cm³/mol. The van der Waals surface area contributed by atoms with Crippen molar-refractivity contribution in [1.29, 1.82) is 0 Å². The minimum atomic E-state index is -0.323. The number of pyridine rings is 1. The number of hydrogen-bond acceptors (Lipinski definition) is 4. The van der Waals surface area contributed by atoms with Gasteiger partial charge in [0.1, 0.15) is 11.4 Å². The lowest BCUT2D eigenvalue weighted by molar-refractivity contribution is -0.139. The van der Waals surface area contributed by atoms with Crippen LogP contribution in [0.1, 0.15) is 12.1 Å². The van der Waals surface area contributed by atoms with Crippen LogP contribution >= 0.6 is 0 Å². The van der Waals surface area contributed by atoms with Crippen LogP contribution in [-0.2, 0) is 9.53 Å². The molecule has 1 heterocycles. The van der Waals surface area contributed by atoms with Crippen molar-refractivity contribution in [2.75, 3.05) is 7.11 Å². The fourth-order valence-electron chi connectivity index (χ4n) is 0.888. The van der Waals surface area contributed by atoms with E-state index < -0.39 is 0 Å². The topological polar surface area (TPSA) is 59.4 Å². The number of esters is 1. The van der Waals surface area contributed by atoms with Gasteiger partial charge in [0, 0.05) is 6.20 Å². The van der Waals surface area contributed by atoms with Gasteiger partial charge in [-0.05, 0) is 18.2 Å². The number of aromatic hydroxyl groups is 1. The van der Waals surface area contributed by atoms with Crippen LogP contribution in [0.3, 0.4) is 0 Å². The normalized spacial score (nSPS) is 10.4. The third kappa shape index (κ3) is 2.90. The summed E-state index contributed by atoms with van der Waals surface area (Å²) in [6.45, 7) is 0. The molecule has 0 atom stereocenters. The number of carbonyl (C=O) groups is 1. The van der Waals surface area contributed by atoms with Crippen LogP contribution in [0, 0.1) is 0 Å². The molecule has 1 rings (SSSR count). The molecule has 0 amide bonds. The third-order valence-corrected chi connectivity index (χ3v) is 1.60. The smallest absolute Gasteiger partial charge is 0.309 e. The van der Waals surface area contributed by atoms with Gasteiger partial charge in [0.15, 0.2) is 0 Å². The van der Waals surface area contributed by atoms with E-state index in [4.69, 9.17) is 0 Å². The van der Waals surface area contributed by atoms with Gasteiger partial charge in [-0.2, -0.15) is 0 Å². The van der Waals surface area contributed by atoms with Crippen molar-refractivity contribution in [3.8, 4) is 5.75 Å². The van der Waals surface area contributed by atoms with Crippen LogP contribution in [0.2, 0.25) is 0 Å².